The number of para-hydroxylation sites is 1. The van der Waals surface area contributed by atoms with E-state index in [4.69, 9.17) is 0 Å². The third-order valence-corrected chi connectivity index (χ3v) is 2.41. The number of anilines is 1. The van der Waals surface area contributed by atoms with E-state index in [9.17, 15) is 14.0 Å². The summed E-state index contributed by atoms with van der Waals surface area (Å²) >= 11 is 0. The first-order chi connectivity index (χ1) is 10.2. The molecule has 2 amide bonds. The van der Waals surface area contributed by atoms with Gasteiger partial charge in [-0.05, 0) is 29.8 Å². The lowest BCUT2D eigenvalue weighted by molar-refractivity contribution is -0.136. The highest BCUT2D eigenvalue weighted by Crippen LogP contribution is 2.11. The van der Waals surface area contributed by atoms with Crippen molar-refractivity contribution in [3.8, 4) is 0 Å². The third-order valence-electron chi connectivity index (χ3n) is 2.41. The van der Waals surface area contributed by atoms with Crippen molar-refractivity contribution in [3.63, 3.8) is 0 Å². The first kappa shape index (κ1) is 14.3. The molecule has 0 atom stereocenters. The molecule has 1 aromatic carbocycles. The summed E-state index contributed by atoms with van der Waals surface area (Å²) in [6, 6.07) is 8.89. The number of pyridine rings is 1. The zero-order valence-electron chi connectivity index (χ0n) is 10.8. The van der Waals surface area contributed by atoms with Crippen LogP contribution in [0.15, 0.2) is 53.9 Å². The van der Waals surface area contributed by atoms with Crippen LogP contribution in [0.5, 0.6) is 0 Å². The molecule has 1 aromatic heterocycles. The maximum atomic E-state index is 13.3. The Hall–Kier alpha value is -3.09. The minimum atomic E-state index is -1.01. The van der Waals surface area contributed by atoms with Crippen molar-refractivity contribution in [2.75, 3.05) is 5.32 Å². The van der Waals surface area contributed by atoms with Gasteiger partial charge in [-0.3, -0.25) is 14.6 Å². The Kier molecular flexibility index (Phi) is 4.70. The molecule has 21 heavy (non-hydrogen) atoms. The van der Waals surface area contributed by atoms with E-state index in [1.54, 1.807) is 24.5 Å². The molecule has 2 aromatic rings. The summed E-state index contributed by atoms with van der Waals surface area (Å²) in [6.45, 7) is 0. The highest BCUT2D eigenvalue weighted by molar-refractivity contribution is 6.39. The average Bonchev–Trinajstić information content (AvgIpc) is 2.50. The molecule has 2 N–H and O–H groups in total. The highest BCUT2D eigenvalue weighted by Gasteiger charge is 2.14. The van der Waals surface area contributed by atoms with Crippen LogP contribution >= 0.6 is 0 Å². The number of halogens is 1. The first-order valence-corrected chi connectivity index (χ1v) is 5.96. The molecule has 6 nitrogen and oxygen atoms in total. The van der Waals surface area contributed by atoms with Crippen molar-refractivity contribution in [1.82, 2.24) is 10.4 Å². The molecule has 2 rings (SSSR count). The quantitative estimate of drug-likeness (QED) is 0.507. The van der Waals surface area contributed by atoms with E-state index in [-0.39, 0.29) is 5.69 Å². The Bertz CT molecular complexity index is 674. The number of nitrogens with one attached hydrogen (secondary N) is 2. The molecule has 0 radical (unpaired) electrons. The van der Waals surface area contributed by atoms with Crippen LogP contribution in [0, 0.1) is 5.82 Å². The van der Waals surface area contributed by atoms with Crippen LogP contribution in [0.1, 0.15) is 5.56 Å². The third kappa shape index (κ3) is 4.20. The van der Waals surface area contributed by atoms with Crippen LogP contribution in [0.25, 0.3) is 0 Å². The summed E-state index contributed by atoms with van der Waals surface area (Å²) < 4.78 is 13.3. The number of carbonyl (C=O) groups is 2. The van der Waals surface area contributed by atoms with Gasteiger partial charge < -0.3 is 5.32 Å². The largest absolute Gasteiger partial charge is 0.329 e. The lowest BCUT2D eigenvalue weighted by atomic mass is 10.3. The fourth-order valence-corrected chi connectivity index (χ4v) is 1.41. The van der Waals surface area contributed by atoms with Gasteiger partial charge >= 0.3 is 11.8 Å². The fourth-order valence-electron chi connectivity index (χ4n) is 1.41. The summed E-state index contributed by atoms with van der Waals surface area (Å²) in [6.07, 6.45) is 4.48. The summed E-state index contributed by atoms with van der Waals surface area (Å²) in [7, 11) is 0. The Morgan fingerprint density at radius 1 is 1.10 bits per heavy atom. The van der Waals surface area contributed by atoms with Gasteiger partial charge in [0.05, 0.1) is 11.9 Å². The Labute approximate surface area is 119 Å². The molecular formula is C14H11FN4O2. The molecule has 0 unspecified atom stereocenters. The van der Waals surface area contributed by atoms with Crippen molar-refractivity contribution >= 4 is 23.7 Å². The number of benzene rings is 1. The van der Waals surface area contributed by atoms with E-state index in [0.29, 0.717) is 5.56 Å². The molecule has 0 aliphatic carbocycles. The van der Waals surface area contributed by atoms with Gasteiger partial charge in [0, 0.05) is 12.4 Å². The van der Waals surface area contributed by atoms with Crippen molar-refractivity contribution in [3.05, 3.63) is 60.2 Å². The molecule has 0 aliphatic heterocycles. The molecule has 0 fully saturated rings. The molecule has 7 heteroatoms. The summed E-state index contributed by atoms with van der Waals surface area (Å²) in [4.78, 5) is 26.8. The summed E-state index contributed by atoms with van der Waals surface area (Å²) in [5, 5.41) is 5.77. The number of hydrazone groups is 1. The predicted octanol–water partition coefficient (Wildman–Crippen LogP) is 1.31. The molecule has 0 saturated heterocycles. The van der Waals surface area contributed by atoms with Gasteiger partial charge in [-0.25, -0.2) is 9.82 Å². The second kappa shape index (κ2) is 6.90. The van der Waals surface area contributed by atoms with Gasteiger partial charge in [0.25, 0.3) is 0 Å². The number of nitrogens with zero attached hydrogens (tertiary/aromatic N) is 2. The van der Waals surface area contributed by atoms with Crippen molar-refractivity contribution < 1.29 is 14.0 Å². The minimum Gasteiger partial charge on any atom is -0.315 e. The van der Waals surface area contributed by atoms with Crippen LogP contribution < -0.4 is 10.7 Å². The van der Waals surface area contributed by atoms with Gasteiger partial charge in [-0.1, -0.05) is 12.1 Å². The van der Waals surface area contributed by atoms with Crippen LogP contribution in [0.3, 0.4) is 0 Å². The Balaban J connectivity index is 1.90. The zero-order valence-corrected chi connectivity index (χ0v) is 10.8. The van der Waals surface area contributed by atoms with Crippen LogP contribution in [-0.4, -0.2) is 23.0 Å². The predicted molar refractivity (Wildman–Crippen MR) is 75.0 cm³/mol. The molecule has 0 bridgehead atoms. The lowest BCUT2D eigenvalue weighted by Gasteiger charge is -2.04. The average molecular weight is 286 g/mol. The van der Waals surface area contributed by atoms with Crippen molar-refractivity contribution in [1.29, 1.82) is 0 Å². The lowest BCUT2D eigenvalue weighted by Crippen LogP contribution is -2.32. The smallest absolute Gasteiger partial charge is 0.315 e. The van der Waals surface area contributed by atoms with E-state index in [2.05, 4.69) is 15.4 Å². The van der Waals surface area contributed by atoms with E-state index in [1.807, 2.05) is 5.43 Å². The van der Waals surface area contributed by atoms with Crippen molar-refractivity contribution in [2.45, 2.75) is 0 Å². The number of rotatable bonds is 3. The monoisotopic (exact) mass is 286 g/mol. The topological polar surface area (TPSA) is 83.5 Å². The standard InChI is InChI=1S/C14H11FN4O2/c15-11-3-1-2-4-12(11)18-13(20)14(21)19-17-9-10-5-7-16-8-6-10/h1-9H,(H,18,20)(H,19,21). The van der Waals surface area contributed by atoms with Gasteiger partial charge in [-0.15, -0.1) is 0 Å². The fraction of sp³-hybridized carbons (Fsp3) is 0. The van der Waals surface area contributed by atoms with Crippen LogP contribution in [0.2, 0.25) is 0 Å². The van der Waals surface area contributed by atoms with Gasteiger partial charge in [0.1, 0.15) is 5.82 Å². The second-order valence-corrected chi connectivity index (χ2v) is 3.91. The maximum Gasteiger partial charge on any atom is 0.329 e. The summed E-state index contributed by atoms with van der Waals surface area (Å²) in [5.74, 6) is -2.63. The molecule has 106 valence electrons. The van der Waals surface area contributed by atoms with E-state index in [1.165, 1.54) is 30.5 Å². The zero-order chi connectivity index (χ0) is 15.1. The normalized spacial score (nSPS) is 10.3. The highest BCUT2D eigenvalue weighted by atomic mass is 19.1. The van der Waals surface area contributed by atoms with E-state index in [0.717, 1.165) is 0 Å². The SMILES string of the molecule is O=C(NN=Cc1ccncc1)C(=O)Nc1ccccc1F. The van der Waals surface area contributed by atoms with E-state index < -0.39 is 17.6 Å². The molecule has 0 saturated carbocycles. The molecular weight excluding hydrogens is 275 g/mol. The molecule has 0 aliphatic rings. The Morgan fingerprint density at radius 3 is 2.52 bits per heavy atom. The summed E-state index contributed by atoms with van der Waals surface area (Å²) in [5.41, 5.74) is 2.68. The first-order valence-electron chi connectivity index (χ1n) is 5.96. The van der Waals surface area contributed by atoms with Gasteiger partial charge in [-0.2, -0.15) is 5.10 Å². The maximum absolute atomic E-state index is 13.3. The van der Waals surface area contributed by atoms with E-state index >= 15 is 0 Å². The number of aromatic nitrogens is 1. The number of carbonyl (C=O) groups excluding carboxylic acids is 2. The number of amides is 2. The van der Waals surface area contributed by atoms with Crippen molar-refractivity contribution in [2.24, 2.45) is 5.10 Å². The second-order valence-electron chi connectivity index (χ2n) is 3.91. The molecule has 1 heterocycles. The van der Waals surface area contributed by atoms with Gasteiger partial charge in [0.2, 0.25) is 0 Å². The minimum absolute atomic E-state index is 0.0734. The van der Waals surface area contributed by atoms with Crippen LogP contribution in [0.4, 0.5) is 10.1 Å². The molecule has 0 spiro atoms. The number of hydrogen-bond donors (Lipinski definition) is 2. The van der Waals surface area contributed by atoms with Crippen LogP contribution in [-0.2, 0) is 9.59 Å². The Morgan fingerprint density at radius 2 is 1.81 bits per heavy atom. The number of hydrogen-bond acceptors (Lipinski definition) is 4. The van der Waals surface area contributed by atoms with Gasteiger partial charge in [0.15, 0.2) is 0 Å².